The van der Waals surface area contributed by atoms with E-state index in [-0.39, 0.29) is 0 Å². The molecule has 0 radical (unpaired) electrons. The lowest BCUT2D eigenvalue weighted by atomic mass is 10.1. The molecule has 0 saturated carbocycles. The van der Waals surface area contributed by atoms with Crippen LogP contribution in [0.25, 0.3) is 0 Å². The van der Waals surface area contributed by atoms with Crippen LogP contribution < -0.4 is 11.1 Å². The van der Waals surface area contributed by atoms with Gasteiger partial charge in [0, 0.05) is 28.6 Å². The Balaban J connectivity index is 1.96. The van der Waals surface area contributed by atoms with Gasteiger partial charge in [-0.1, -0.05) is 17.7 Å². The summed E-state index contributed by atoms with van der Waals surface area (Å²) < 4.78 is 0. The summed E-state index contributed by atoms with van der Waals surface area (Å²) in [6.45, 7) is 3.58. The highest BCUT2D eigenvalue weighted by molar-refractivity contribution is 7.10. The van der Waals surface area contributed by atoms with Crippen molar-refractivity contribution >= 4 is 28.8 Å². The smallest absolute Gasteiger partial charge is 0.248 e. The lowest BCUT2D eigenvalue weighted by Crippen LogP contribution is -2.14. The molecule has 0 aliphatic heterocycles. The molecule has 5 heteroatoms. The second-order valence-electron chi connectivity index (χ2n) is 4.30. The molecule has 1 heterocycles. The third kappa shape index (κ3) is 3.56. The molecule has 1 aromatic carbocycles. The largest absolute Gasteiger partial charge is 0.366 e. The zero-order valence-electron chi connectivity index (χ0n) is 10.6. The first-order chi connectivity index (χ1) is 9.08. The molecular weight excluding hydrogens is 280 g/mol. The van der Waals surface area contributed by atoms with Gasteiger partial charge in [0.1, 0.15) is 0 Å². The van der Waals surface area contributed by atoms with Crippen LogP contribution in [0, 0.1) is 6.92 Å². The Morgan fingerprint density at radius 2 is 2.16 bits per heavy atom. The van der Waals surface area contributed by atoms with Gasteiger partial charge in [0.25, 0.3) is 0 Å². The number of nitrogens with one attached hydrogen (secondary N) is 1. The average Bonchev–Trinajstić information content (AvgIpc) is 2.77. The number of hydrogen-bond donors (Lipinski definition) is 2. The number of aryl methyl sites for hydroxylation is 1. The molecule has 2 rings (SSSR count). The van der Waals surface area contributed by atoms with E-state index in [0.29, 0.717) is 17.1 Å². The maximum absolute atomic E-state index is 11.0. The molecule has 1 amide bonds. The molecule has 0 spiro atoms. The van der Waals surface area contributed by atoms with E-state index in [2.05, 4.69) is 23.7 Å². The van der Waals surface area contributed by atoms with Gasteiger partial charge in [0.2, 0.25) is 5.91 Å². The molecule has 0 saturated heterocycles. The van der Waals surface area contributed by atoms with E-state index in [1.807, 2.05) is 6.07 Å². The van der Waals surface area contributed by atoms with Crippen molar-refractivity contribution in [2.24, 2.45) is 5.73 Å². The minimum atomic E-state index is -0.462. The quantitative estimate of drug-likeness (QED) is 0.890. The van der Waals surface area contributed by atoms with Gasteiger partial charge >= 0.3 is 0 Å². The highest BCUT2D eigenvalue weighted by Crippen LogP contribution is 2.19. The third-order valence-corrected chi connectivity index (χ3v) is 4.28. The Hall–Kier alpha value is -1.36. The molecule has 2 aromatic rings. The number of rotatable bonds is 5. The summed E-state index contributed by atoms with van der Waals surface area (Å²) in [5.74, 6) is -0.462. The summed E-state index contributed by atoms with van der Waals surface area (Å²) in [5, 5.41) is 5.99. The molecule has 19 heavy (non-hydrogen) atoms. The van der Waals surface area contributed by atoms with Gasteiger partial charge in [0.05, 0.1) is 0 Å². The number of nitrogens with two attached hydrogens (primary N) is 1. The fraction of sp³-hybridized carbons (Fsp3) is 0.214. The van der Waals surface area contributed by atoms with Crippen LogP contribution in [0.4, 0.5) is 0 Å². The summed E-state index contributed by atoms with van der Waals surface area (Å²) in [6, 6.07) is 7.24. The highest BCUT2D eigenvalue weighted by Gasteiger charge is 2.06. The SMILES string of the molecule is Cc1ccsc1CNCc1ccc(C(N)=O)cc1Cl. The number of benzene rings is 1. The molecule has 0 bridgehead atoms. The minimum absolute atomic E-state index is 0.433. The first-order valence-corrected chi connectivity index (χ1v) is 7.15. The molecule has 0 unspecified atom stereocenters. The molecule has 0 atom stereocenters. The lowest BCUT2D eigenvalue weighted by molar-refractivity contribution is 0.100. The number of halogens is 1. The van der Waals surface area contributed by atoms with Crippen LogP contribution in [0.3, 0.4) is 0 Å². The molecule has 100 valence electrons. The summed E-state index contributed by atoms with van der Waals surface area (Å²) >= 11 is 7.86. The van der Waals surface area contributed by atoms with Crippen molar-refractivity contribution < 1.29 is 4.79 Å². The number of amides is 1. The van der Waals surface area contributed by atoms with Gasteiger partial charge in [-0.05, 0) is 41.6 Å². The first kappa shape index (κ1) is 14.1. The predicted octanol–water partition coefficient (Wildman–Crippen LogP) is 3.10. The fourth-order valence-corrected chi connectivity index (χ4v) is 2.86. The minimum Gasteiger partial charge on any atom is -0.366 e. The Bertz CT molecular complexity index is 595. The first-order valence-electron chi connectivity index (χ1n) is 5.90. The predicted molar refractivity (Wildman–Crippen MR) is 79.6 cm³/mol. The average molecular weight is 295 g/mol. The van der Waals surface area contributed by atoms with Crippen molar-refractivity contribution in [3.63, 3.8) is 0 Å². The van der Waals surface area contributed by atoms with Gasteiger partial charge in [0.15, 0.2) is 0 Å². The van der Waals surface area contributed by atoms with E-state index < -0.39 is 5.91 Å². The standard InChI is InChI=1S/C14H15ClN2OS/c1-9-4-5-19-13(9)8-17-7-11-3-2-10(14(16)18)6-12(11)15/h2-6,17H,7-8H2,1H3,(H2,16,18). The summed E-state index contributed by atoms with van der Waals surface area (Å²) in [4.78, 5) is 12.3. The van der Waals surface area contributed by atoms with Gasteiger partial charge in [-0.15, -0.1) is 11.3 Å². The number of primary amides is 1. The van der Waals surface area contributed by atoms with E-state index in [9.17, 15) is 4.79 Å². The Labute approximate surface area is 121 Å². The Morgan fingerprint density at radius 3 is 2.74 bits per heavy atom. The van der Waals surface area contributed by atoms with E-state index in [4.69, 9.17) is 17.3 Å². The van der Waals surface area contributed by atoms with Crippen LogP contribution in [0.5, 0.6) is 0 Å². The third-order valence-electron chi connectivity index (χ3n) is 2.91. The second-order valence-corrected chi connectivity index (χ2v) is 5.71. The van der Waals surface area contributed by atoms with Crippen molar-refractivity contribution in [3.05, 3.63) is 56.2 Å². The van der Waals surface area contributed by atoms with E-state index in [1.54, 1.807) is 23.5 Å². The van der Waals surface area contributed by atoms with E-state index >= 15 is 0 Å². The molecule has 1 aromatic heterocycles. The van der Waals surface area contributed by atoms with Crippen molar-refractivity contribution in [2.75, 3.05) is 0 Å². The maximum Gasteiger partial charge on any atom is 0.248 e. The summed E-state index contributed by atoms with van der Waals surface area (Å²) in [5.41, 5.74) is 7.89. The number of hydrogen-bond acceptors (Lipinski definition) is 3. The van der Waals surface area contributed by atoms with Gasteiger partial charge < -0.3 is 11.1 Å². The number of thiophene rings is 1. The Morgan fingerprint density at radius 1 is 1.37 bits per heavy atom. The fourth-order valence-electron chi connectivity index (χ4n) is 1.74. The van der Waals surface area contributed by atoms with Gasteiger partial charge in [-0.2, -0.15) is 0 Å². The van der Waals surface area contributed by atoms with Crippen LogP contribution in [-0.2, 0) is 13.1 Å². The Kier molecular flexibility index (Phi) is 4.58. The summed E-state index contributed by atoms with van der Waals surface area (Å²) in [7, 11) is 0. The molecule has 0 aliphatic rings. The number of carbonyl (C=O) groups excluding carboxylic acids is 1. The maximum atomic E-state index is 11.0. The van der Waals surface area contributed by atoms with Crippen LogP contribution >= 0.6 is 22.9 Å². The highest BCUT2D eigenvalue weighted by atomic mass is 35.5. The van der Waals surface area contributed by atoms with E-state index in [1.165, 1.54) is 10.4 Å². The van der Waals surface area contributed by atoms with E-state index in [0.717, 1.165) is 12.1 Å². The van der Waals surface area contributed by atoms with Crippen molar-refractivity contribution in [2.45, 2.75) is 20.0 Å². The van der Waals surface area contributed by atoms with Crippen molar-refractivity contribution in [1.29, 1.82) is 0 Å². The molecule has 3 N–H and O–H groups in total. The zero-order chi connectivity index (χ0) is 13.8. The molecule has 3 nitrogen and oxygen atoms in total. The van der Waals surface area contributed by atoms with Crippen molar-refractivity contribution in [1.82, 2.24) is 5.32 Å². The molecule has 0 aliphatic carbocycles. The number of carbonyl (C=O) groups is 1. The normalized spacial score (nSPS) is 10.6. The monoisotopic (exact) mass is 294 g/mol. The van der Waals surface area contributed by atoms with Gasteiger partial charge in [-0.25, -0.2) is 0 Å². The molecular formula is C14H15ClN2OS. The van der Waals surface area contributed by atoms with Crippen LogP contribution in [0.1, 0.15) is 26.4 Å². The topological polar surface area (TPSA) is 55.1 Å². The molecule has 0 fully saturated rings. The lowest BCUT2D eigenvalue weighted by Gasteiger charge is -2.07. The zero-order valence-corrected chi connectivity index (χ0v) is 12.1. The van der Waals surface area contributed by atoms with Crippen LogP contribution in [-0.4, -0.2) is 5.91 Å². The second kappa shape index (κ2) is 6.19. The van der Waals surface area contributed by atoms with Crippen molar-refractivity contribution in [3.8, 4) is 0 Å². The van der Waals surface area contributed by atoms with Crippen LogP contribution in [0.15, 0.2) is 29.6 Å². The summed E-state index contributed by atoms with van der Waals surface area (Å²) in [6.07, 6.45) is 0. The van der Waals surface area contributed by atoms with Gasteiger partial charge in [-0.3, -0.25) is 4.79 Å². The van der Waals surface area contributed by atoms with Crippen LogP contribution in [0.2, 0.25) is 5.02 Å².